The maximum atomic E-state index is 11.3. The molecule has 0 saturated carbocycles. The fourth-order valence-corrected chi connectivity index (χ4v) is 1.54. The Morgan fingerprint density at radius 3 is 2.61 bits per heavy atom. The number of nitrogens with zero attached hydrogens (tertiary/aromatic N) is 2. The molecule has 2 rings (SSSR count). The first-order chi connectivity index (χ1) is 8.56. The van der Waals surface area contributed by atoms with E-state index in [2.05, 4.69) is 15.0 Å². The molecule has 7 N–H and O–H groups in total. The lowest BCUT2D eigenvalue weighted by Gasteiger charge is -2.01. The summed E-state index contributed by atoms with van der Waals surface area (Å²) >= 11 is 0. The van der Waals surface area contributed by atoms with E-state index in [9.17, 15) is 4.79 Å². The molecule has 0 fully saturated rings. The van der Waals surface area contributed by atoms with Crippen molar-refractivity contribution in [3.8, 4) is 0 Å². The third kappa shape index (κ3) is 2.46. The summed E-state index contributed by atoms with van der Waals surface area (Å²) in [4.78, 5) is 21.6. The zero-order valence-electron chi connectivity index (χ0n) is 9.42. The Morgan fingerprint density at radius 2 is 1.89 bits per heavy atom. The molecule has 0 aliphatic heterocycles. The average Bonchev–Trinajstić information content (AvgIpc) is 2.28. The summed E-state index contributed by atoms with van der Waals surface area (Å²) < 4.78 is 0. The molecule has 1 heterocycles. The van der Waals surface area contributed by atoms with Gasteiger partial charge in [-0.15, -0.1) is 0 Å². The Labute approximate surface area is 102 Å². The summed E-state index contributed by atoms with van der Waals surface area (Å²) in [6, 6.07) is 8.48. The molecule has 0 spiro atoms. The van der Waals surface area contributed by atoms with Crippen molar-refractivity contribution in [2.24, 2.45) is 27.2 Å². The predicted octanol–water partition coefficient (Wildman–Crippen LogP) is -0.252. The lowest BCUT2D eigenvalue weighted by Crippen LogP contribution is -2.26. The van der Waals surface area contributed by atoms with Gasteiger partial charge in [0.05, 0.1) is 11.2 Å². The van der Waals surface area contributed by atoms with Gasteiger partial charge in [0.25, 0.3) is 0 Å². The van der Waals surface area contributed by atoms with Gasteiger partial charge in [-0.1, -0.05) is 12.1 Å². The SMILES string of the molecule is NC(N)=NC(N)=Nc1cccc2ccc(=O)[nH]c12. The van der Waals surface area contributed by atoms with Crippen molar-refractivity contribution < 1.29 is 0 Å². The van der Waals surface area contributed by atoms with Crippen molar-refractivity contribution in [3.63, 3.8) is 0 Å². The van der Waals surface area contributed by atoms with Gasteiger partial charge in [-0.3, -0.25) is 4.79 Å². The highest BCUT2D eigenvalue weighted by Crippen LogP contribution is 2.22. The number of para-hydroxylation sites is 1. The summed E-state index contributed by atoms with van der Waals surface area (Å²) in [6.07, 6.45) is 0. The van der Waals surface area contributed by atoms with Crippen molar-refractivity contribution >= 4 is 28.5 Å². The molecule has 0 atom stereocenters. The summed E-state index contributed by atoms with van der Waals surface area (Å²) in [7, 11) is 0. The summed E-state index contributed by atoms with van der Waals surface area (Å²) in [6.45, 7) is 0. The minimum atomic E-state index is -0.217. The van der Waals surface area contributed by atoms with E-state index in [4.69, 9.17) is 17.2 Å². The molecule has 7 heteroatoms. The molecule has 0 aliphatic rings. The number of H-pyrrole nitrogens is 1. The second kappa shape index (κ2) is 4.58. The Hall–Kier alpha value is -2.83. The molecule has 0 saturated heterocycles. The van der Waals surface area contributed by atoms with Crippen molar-refractivity contribution in [2.45, 2.75) is 0 Å². The maximum Gasteiger partial charge on any atom is 0.248 e. The zero-order chi connectivity index (χ0) is 13.1. The molecule has 0 aliphatic carbocycles. The Bertz CT molecular complexity index is 696. The third-order valence-electron chi connectivity index (χ3n) is 2.22. The number of aromatic amines is 1. The molecule has 18 heavy (non-hydrogen) atoms. The van der Waals surface area contributed by atoms with E-state index in [0.717, 1.165) is 5.39 Å². The molecule has 7 nitrogen and oxygen atoms in total. The fraction of sp³-hybridized carbons (Fsp3) is 0. The number of aromatic nitrogens is 1. The van der Waals surface area contributed by atoms with Crippen LogP contribution in [0.1, 0.15) is 0 Å². The minimum absolute atomic E-state index is 0.0767. The number of rotatable bonds is 1. The van der Waals surface area contributed by atoms with Crippen LogP contribution in [0.15, 0.2) is 45.1 Å². The van der Waals surface area contributed by atoms with Crippen LogP contribution in [0.25, 0.3) is 10.9 Å². The lowest BCUT2D eigenvalue weighted by molar-refractivity contribution is 1.29. The van der Waals surface area contributed by atoms with Gasteiger partial charge in [-0.2, -0.15) is 4.99 Å². The van der Waals surface area contributed by atoms with Crippen molar-refractivity contribution in [1.82, 2.24) is 4.98 Å². The number of hydrogen-bond acceptors (Lipinski definition) is 2. The molecular formula is C11H12N6O. The molecule has 1 aromatic heterocycles. The van der Waals surface area contributed by atoms with Gasteiger partial charge in [-0.05, 0) is 12.1 Å². The highest BCUT2D eigenvalue weighted by atomic mass is 16.1. The largest absolute Gasteiger partial charge is 0.370 e. The van der Waals surface area contributed by atoms with E-state index in [1.165, 1.54) is 6.07 Å². The van der Waals surface area contributed by atoms with E-state index in [-0.39, 0.29) is 17.5 Å². The van der Waals surface area contributed by atoms with E-state index in [0.29, 0.717) is 11.2 Å². The monoisotopic (exact) mass is 244 g/mol. The van der Waals surface area contributed by atoms with Crippen LogP contribution in [0.5, 0.6) is 0 Å². The number of nitrogens with one attached hydrogen (secondary N) is 1. The number of nitrogens with two attached hydrogens (primary N) is 3. The van der Waals surface area contributed by atoms with Crippen molar-refractivity contribution in [1.29, 1.82) is 0 Å². The van der Waals surface area contributed by atoms with Crippen LogP contribution in [0.4, 0.5) is 5.69 Å². The average molecular weight is 244 g/mol. The van der Waals surface area contributed by atoms with Crippen LogP contribution in [-0.4, -0.2) is 16.9 Å². The highest BCUT2D eigenvalue weighted by molar-refractivity contribution is 5.96. The number of guanidine groups is 2. The van der Waals surface area contributed by atoms with Gasteiger partial charge in [0.1, 0.15) is 0 Å². The molecule has 0 amide bonds. The quantitative estimate of drug-likeness (QED) is 0.406. The van der Waals surface area contributed by atoms with Crippen LogP contribution < -0.4 is 22.8 Å². The van der Waals surface area contributed by atoms with Gasteiger partial charge < -0.3 is 22.2 Å². The normalized spacial score (nSPS) is 11.4. The van der Waals surface area contributed by atoms with E-state index < -0.39 is 0 Å². The topological polar surface area (TPSA) is 136 Å². The lowest BCUT2D eigenvalue weighted by atomic mass is 10.2. The first kappa shape index (κ1) is 11.6. The molecule has 92 valence electrons. The second-order valence-corrected chi connectivity index (χ2v) is 3.57. The van der Waals surface area contributed by atoms with Crippen LogP contribution in [0, 0.1) is 0 Å². The van der Waals surface area contributed by atoms with E-state index in [1.807, 2.05) is 6.07 Å². The number of fused-ring (bicyclic) bond motifs is 1. The first-order valence-electron chi connectivity index (χ1n) is 5.12. The summed E-state index contributed by atoms with van der Waals surface area (Å²) in [5.74, 6) is -0.253. The van der Waals surface area contributed by atoms with Gasteiger partial charge in [0, 0.05) is 11.5 Å². The van der Waals surface area contributed by atoms with Crippen LogP contribution in [0.3, 0.4) is 0 Å². The molecule has 0 unspecified atom stereocenters. The third-order valence-corrected chi connectivity index (χ3v) is 2.22. The predicted molar refractivity (Wildman–Crippen MR) is 71.7 cm³/mol. The highest BCUT2D eigenvalue weighted by Gasteiger charge is 2.01. The van der Waals surface area contributed by atoms with Crippen molar-refractivity contribution in [2.75, 3.05) is 0 Å². The number of hydrogen-bond donors (Lipinski definition) is 4. The van der Waals surface area contributed by atoms with Crippen LogP contribution >= 0.6 is 0 Å². The second-order valence-electron chi connectivity index (χ2n) is 3.57. The minimum Gasteiger partial charge on any atom is -0.370 e. The van der Waals surface area contributed by atoms with Crippen LogP contribution in [-0.2, 0) is 0 Å². The van der Waals surface area contributed by atoms with Gasteiger partial charge in [0.15, 0.2) is 5.96 Å². The van der Waals surface area contributed by atoms with E-state index >= 15 is 0 Å². The van der Waals surface area contributed by atoms with Gasteiger partial charge in [-0.25, -0.2) is 4.99 Å². The van der Waals surface area contributed by atoms with Gasteiger partial charge in [0.2, 0.25) is 11.5 Å². The van der Waals surface area contributed by atoms with E-state index in [1.54, 1.807) is 18.2 Å². The number of aliphatic imine (C=N–C) groups is 2. The Kier molecular flexibility index (Phi) is 2.96. The molecular weight excluding hydrogens is 232 g/mol. The molecule has 1 aromatic carbocycles. The zero-order valence-corrected chi connectivity index (χ0v) is 9.42. The standard InChI is InChI=1S/C11H12N6O/c12-10(13)17-11(14)15-7-3-1-2-6-4-5-8(18)16-9(6)7/h1-5H,(H,16,18)(H6,12,13,14,15,17). The van der Waals surface area contributed by atoms with Crippen molar-refractivity contribution in [3.05, 3.63) is 40.7 Å². The summed E-state index contributed by atoms with van der Waals surface area (Å²) in [5, 5.41) is 0.841. The molecule has 2 aromatic rings. The first-order valence-corrected chi connectivity index (χ1v) is 5.12. The smallest absolute Gasteiger partial charge is 0.248 e. The molecule has 0 radical (unpaired) electrons. The van der Waals surface area contributed by atoms with Crippen LogP contribution in [0.2, 0.25) is 0 Å². The molecule has 0 bridgehead atoms. The number of benzene rings is 1. The Morgan fingerprint density at radius 1 is 1.11 bits per heavy atom. The Balaban J connectivity index is 2.61. The fourth-order valence-electron chi connectivity index (χ4n) is 1.54. The van der Waals surface area contributed by atoms with Gasteiger partial charge >= 0.3 is 0 Å². The maximum absolute atomic E-state index is 11.3. The summed E-state index contributed by atoms with van der Waals surface area (Å²) in [5.41, 5.74) is 16.8. The number of pyridine rings is 1.